The maximum Gasteiger partial charge on any atom is 0.257 e. The second-order valence-corrected chi connectivity index (χ2v) is 5.54. The molecule has 1 amide bonds. The van der Waals surface area contributed by atoms with Gasteiger partial charge in [-0.3, -0.25) is 4.79 Å². The second-order valence-electron chi connectivity index (χ2n) is 5.54. The Labute approximate surface area is 124 Å². The summed E-state index contributed by atoms with van der Waals surface area (Å²) >= 11 is 0. The standard InChI is InChI=1S/C16H22FNO3/c17-14-6-3-7-15(8-14)21-11-16(20)18-9-12-4-1-2-5-13(12)10-19/h3,6-8,12-13,19H,1-2,4-5,9-11H2,(H,18,20). The highest BCUT2D eigenvalue weighted by atomic mass is 19.1. The summed E-state index contributed by atoms with van der Waals surface area (Å²) in [5.41, 5.74) is 0. The van der Waals surface area contributed by atoms with Crippen molar-refractivity contribution < 1.29 is 19.0 Å². The van der Waals surface area contributed by atoms with Crippen molar-refractivity contribution in [2.24, 2.45) is 11.8 Å². The third kappa shape index (κ3) is 5.01. The zero-order valence-electron chi connectivity index (χ0n) is 12.1. The van der Waals surface area contributed by atoms with Gasteiger partial charge in [0.1, 0.15) is 11.6 Å². The van der Waals surface area contributed by atoms with Crippen LogP contribution in [0.3, 0.4) is 0 Å². The van der Waals surface area contributed by atoms with Crippen LogP contribution in [0, 0.1) is 17.7 Å². The van der Waals surface area contributed by atoms with E-state index in [4.69, 9.17) is 4.74 Å². The van der Waals surface area contributed by atoms with Gasteiger partial charge in [-0.25, -0.2) is 4.39 Å². The minimum absolute atomic E-state index is 0.125. The molecule has 1 aliphatic rings. The third-order valence-electron chi connectivity index (χ3n) is 4.03. The number of aliphatic hydroxyl groups excluding tert-OH is 1. The van der Waals surface area contributed by atoms with E-state index in [-0.39, 0.29) is 30.9 Å². The van der Waals surface area contributed by atoms with Gasteiger partial charge >= 0.3 is 0 Å². The molecule has 0 spiro atoms. The van der Waals surface area contributed by atoms with Gasteiger partial charge in [-0.2, -0.15) is 0 Å². The number of aliphatic hydroxyl groups is 1. The van der Waals surface area contributed by atoms with Gasteiger partial charge in [-0.05, 0) is 36.8 Å². The number of carbonyl (C=O) groups is 1. The second kappa shape index (κ2) is 7.98. The number of hydrogen-bond acceptors (Lipinski definition) is 3. The first-order chi connectivity index (χ1) is 10.2. The van der Waals surface area contributed by atoms with E-state index in [0.717, 1.165) is 25.7 Å². The molecule has 116 valence electrons. The van der Waals surface area contributed by atoms with Gasteiger partial charge < -0.3 is 15.2 Å². The molecule has 0 radical (unpaired) electrons. The number of halogens is 1. The summed E-state index contributed by atoms with van der Waals surface area (Å²) in [7, 11) is 0. The average molecular weight is 295 g/mol. The fourth-order valence-electron chi connectivity index (χ4n) is 2.80. The van der Waals surface area contributed by atoms with Crippen LogP contribution < -0.4 is 10.1 Å². The molecule has 2 rings (SSSR count). The topological polar surface area (TPSA) is 58.6 Å². The number of ether oxygens (including phenoxy) is 1. The van der Waals surface area contributed by atoms with E-state index in [0.29, 0.717) is 18.2 Å². The highest BCUT2D eigenvalue weighted by molar-refractivity contribution is 5.77. The Morgan fingerprint density at radius 1 is 1.33 bits per heavy atom. The zero-order chi connectivity index (χ0) is 15.1. The maximum atomic E-state index is 13.0. The Hall–Kier alpha value is -1.62. The van der Waals surface area contributed by atoms with E-state index in [9.17, 15) is 14.3 Å². The zero-order valence-corrected chi connectivity index (χ0v) is 12.1. The smallest absolute Gasteiger partial charge is 0.257 e. The van der Waals surface area contributed by atoms with Crippen molar-refractivity contribution in [3.8, 4) is 5.75 Å². The van der Waals surface area contributed by atoms with Crippen LogP contribution in [-0.4, -0.2) is 30.8 Å². The molecule has 5 heteroatoms. The van der Waals surface area contributed by atoms with E-state index >= 15 is 0 Å². The molecular weight excluding hydrogens is 273 g/mol. The lowest BCUT2D eigenvalue weighted by Gasteiger charge is -2.30. The van der Waals surface area contributed by atoms with Crippen molar-refractivity contribution in [1.82, 2.24) is 5.32 Å². The van der Waals surface area contributed by atoms with Crippen LogP contribution in [-0.2, 0) is 4.79 Å². The summed E-state index contributed by atoms with van der Waals surface area (Å²) < 4.78 is 18.2. The first-order valence-corrected chi connectivity index (χ1v) is 7.45. The van der Waals surface area contributed by atoms with Gasteiger partial charge in [0.15, 0.2) is 6.61 Å². The molecule has 1 aliphatic carbocycles. The molecule has 1 saturated carbocycles. The van der Waals surface area contributed by atoms with Gasteiger partial charge in [0.2, 0.25) is 0 Å². The SMILES string of the molecule is O=C(COc1cccc(F)c1)NCC1CCCCC1CO. The number of nitrogens with one attached hydrogen (secondary N) is 1. The lowest BCUT2D eigenvalue weighted by atomic mass is 9.79. The van der Waals surface area contributed by atoms with Crippen LogP contribution >= 0.6 is 0 Å². The number of amides is 1. The first-order valence-electron chi connectivity index (χ1n) is 7.45. The monoisotopic (exact) mass is 295 g/mol. The quantitative estimate of drug-likeness (QED) is 0.845. The largest absolute Gasteiger partial charge is 0.484 e. The molecule has 0 aromatic heterocycles. The molecule has 4 nitrogen and oxygen atoms in total. The number of hydrogen-bond donors (Lipinski definition) is 2. The summed E-state index contributed by atoms with van der Waals surface area (Å²) in [6.07, 6.45) is 4.36. The molecule has 1 fully saturated rings. The molecule has 0 heterocycles. The fraction of sp³-hybridized carbons (Fsp3) is 0.562. The van der Waals surface area contributed by atoms with E-state index < -0.39 is 0 Å². The van der Waals surface area contributed by atoms with Crippen molar-refractivity contribution in [3.63, 3.8) is 0 Å². The lowest BCUT2D eigenvalue weighted by molar-refractivity contribution is -0.123. The highest BCUT2D eigenvalue weighted by Gasteiger charge is 2.24. The Balaban J connectivity index is 1.72. The maximum absolute atomic E-state index is 13.0. The fourth-order valence-corrected chi connectivity index (χ4v) is 2.80. The number of benzene rings is 1. The molecule has 0 saturated heterocycles. The van der Waals surface area contributed by atoms with Crippen LogP contribution in [0.2, 0.25) is 0 Å². The summed E-state index contributed by atoms with van der Waals surface area (Å²) in [5.74, 6) is 0.350. The third-order valence-corrected chi connectivity index (χ3v) is 4.03. The first kappa shape index (κ1) is 15.8. The molecule has 0 aliphatic heterocycles. The van der Waals surface area contributed by atoms with Crippen molar-refractivity contribution in [2.75, 3.05) is 19.8 Å². The highest BCUT2D eigenvalue weighted by Crippen LogP contribution is 2.29. The van der Waals surface area contributed by atoms with Crippen molar-refractivity contribution in [2.45, 2.75) is 25.7 Å². The summed E-state index contributed by atoms with van der Waals surface area (Å²) in [6, 6.07) is 5.72. The number of carbonyl (C=O) groups excluding carboxylic acids is 1. The van der Waals surface area contributed by atoms with Gasteiger partial charge in [0.05, 0.1) is 0 Å². The van der Waals surface area contributed by atoms with Crippen molar-refractivity contribution in [1.29, 1.82) is 0 Å². The lowest BCUT2D eigenvalue weighted by Crippen LogP contribution is -2.37. The molecule has 21 heavy (non-hydrogen) atoms. The Morgan fingerprint density at radius 3 is 2.81 bits per heavy atom. The van der Waals surface area contributed by atoms with Crippen LogP contribution in [0.25, 0.3) is 0 Å². The summed E-state index contributed by atoms with van der Waals surface area (Å²) in [4.78, 5) is 11.7. The van der Waals surface area contributed by atoms with Crippen molar-refractivity contribution >= 4 is 5.91 Å². The normalized spacial score (nSPS) is 21.8. The predicted molar refractivity (Wildman–Crippen MR) is 77.4 cm³/mol. The molecule has 1 aromatic rings. The molecule has 2 atom stereocenters. The van der Waals surface area contributed by atoms with E-state index in [1.807, 2.05) is 0 Å². The molecule has 1 aromatic carbocycles. The van der Waals surface area contributed by atoms with Crippen LogP contribution in [0.5, 0.6) is 5.75 Å². The van der Waals surface area contributed by atoms with Gasteiger partial charge in [0.25, 0.3) is 5.91 Å². The Bertz CT molecular complexity index is 467. The Morgan fingerprint density at radius 2 is 2.10 bits per heavy atom. The van der Waals surface area contributed by atoms with Crippen LogP contribution in [0.1, 0.15) is 25.7 Å². The summed E-state index contributed by atoms with van der Waals surface area (Å²) in [5, 5.41) is 12.2. The average Bonchev–Trinajstić information content (AvgIpc) is 2.51. The summed E-state index contributed by atoms with van der Waals surface area (Å²) in [6.45, 7) is 0.622. The van der Waals surface area contributed by atoms with Gasteiger partial charge in [-0.1, -0.05) is 18.9 Å². The van der Waals surface area contributed by atoms with Crippen LogP contribution in [0.15, 0.2) is 24.3 Å². The van der Waals surface area contributed by atoms with Gasteiger partial charge in [-0.15, -0.1) is 0 Å². The molecule has 0 bridgehead atoms. The minimum atomic E-state index is -0.388. The van der Waals surface area contributed by atoms with E-state index in [1.54, 1.807) is 6.07 Å². The van der Waals surface area contributed by atoms with Crippen molar-refractivity contribution in [3.05, 3.63) is 30.1 Å². The van der Waals surface area contributed by atoms with E-state index in [2.05, 4.69) is 5.32 Å². The minimum Gasteiger partial charge on any atom is -0.484 e. The Kier molecular flexibility index (Phi) is 5.99. The number of rotatable bonds is 6. The van der Waals surface area contributed by atoms with E-state index in [1.165, 1.54) is 18.2 Å². The van der Waals surface area contributed by atoms with Gasteiger partial charge in [0, 0.05) is 19.2 Å². The molecule has 2 N–H and O–H groups in total. The predicted octanol–water partition coefficient (Wildman–Crippen LogP) is 2.12. The van der Waals surface area contributed by atoms with Crippen LogP contribution in [0.4, 0.5) is 4.39 Å². The molecular formula is C16H22FNO3. The molecule has 2 unspecified atom stereocenters.